The van der Waals surface area contributed by atoms with Crippen LogP contribution in [0.15, 0.2) is 84.6 Å². The molecule has 202 valence electrons. The van der Waals surface area contributed by atoms with Crippen molar-refractivity contribution in [1.29, 1.82) is 0 Å². The summed E-state index contributed by atoms with van der Waals surface area (Å²) in [6.45, 7) is 3.66. The van der Waals surface area contributed by atoms with Crippen LogP contribution in [-0.4, -0.2) is 45.3 Å². The zero-order valence-electron chi connectivity index (χ0n) is 22.0. The number of ether oxygens (including phenoxy) is 3. The first kappa shape index (κ1) is 25.9. The summed E-state index contributed by atoms with van der Waals surface area (Å²) in [6, 6.07) is 18.5. The topological polar surface area (TPSA) is 92.5 Å². The summed E-state index contributed by atoms with van der Waals surface area (Å²) in [4.78, 5) is 35.1. The molecule has 0 radical (unpaired) electrons. The molecule has 0 unspecified atom stereocenters. The third-order valence-corrected chi connectivity index (χ3v) is 7.94. The number of rotatable bonds is 7. The van der Waals surface area contributed by atoms with Crippen LogP contribution < -0.4 is 0 Å². The molecule has 40 heavy (non-hydrogen) atoms. The van der Waals surface area contributed by atoms with Gasteiger partial charge in [-0.25, -0.2) is 19.6 Å². The number of carbonyl (C=O) groups is 2. The third kappa shape index (κ3) is 5.01. The second kappa shape index (κ2) is 11.0. The van der Waals surface area contributed by atoms with Crippen LogP contribution in [0.2, 0.25) is 0 Å². The average molecular weight is 554 g/mol. The smallest absolute Gasteiger partial charge is 0.338 e. The Bertz CT molecular complexity index is 1680. The number of aryl methyl sites for hydroxylation is 2. The number of carbonyl (C=O) groups excluding carboxylic acids is 2. The van der Waals surface area contributed by atoms with Crippen molar-refractivity contribution in [2.45, 2.75) is 38.7 Å². The molecular formula is C31H27N3O5S. The van der Waals surface area contributed by atoms with E-state index in [-0.39, 0.29) is 6.61 Å². The fourth-order valence-electron chi connectivity index (χ4n) is 5.02. The largest absolute Gasteiger partial charge is 0.459 e. The van der Waals surface area contributed by atoms with Crippen LogP contribution in [0.1, 0.15) is 44.5 Å². The number of thiazole rings is 1. The Labute approximate surface area is 235 Å². The summed E-state index contributed by atoms with van der Waals surface area (Å²) < 4.78 is 20.0. The second-order valence-corrected chi connectivity index (χ2v) is 10.6. The van der Waals surface area contributed by atoms with Crippen LogP contribution in [0.3, 0.4) is 0 Å². The Morgan fingerprint density at radius 2 is 1.68 bits per heavy atom. The van der Waals surface area contributed by atoms with Gasteiger partial charge in [-0.3, -0.25) is 0 Å². The van der Waals surface area contributed by atoms with Gasteiger partial charge < -0.3 is 18.8 Å². The number of nitrogens with zero attached hydrogens (tertiary/aromatic N) is 3. The number of benzene rings is 2. The molecule has 3 aromatic heterocycles. The predicted molar refractivity (Wildman–Crippen MR) is 151 cm³/mol. The van der Waals surface area contributed by atoms with Crippen LogP contribution in [0.4, 0.5) is 0 Å². The second-order valence-electron chi connectivity index (χ2n) is 9.69. The molecule has 0 bridgehead atoms. The number of pyridine rings is 1. The predicted octanol–water partition coefficient (Wildman–Crippen LogP) is 6.15. The molecule has 5 aromatic rings. The highest BCUT2D eigenvalue weighted by atomic mass is 32.1. The van der Waals surface area contributed by atoms with Crippen molar-refractivity contribution in [3.05, 3.63) is 107 Å². The monoisotopic (exact) mass is 553 g/mol. The molecule has 3 atom stereocenters. The first-order chi connectivity index (χ1) is 19.5. The van der Waals surface area contributed by atoms with Crippen LogP contribution >= 0.6 is 11.3 Å². The van der Waals surface area contributed by atoms with E-state index >= 15 is 0 Å². The molecule has 1 aliphatic heterocycles. The van der Waals surface area contributed by atoms with Crippen molar-refractivity contribution in [2.24, 2.45) is 0 Å². The van der Waals surface area contributed by atoms with Gasteiger partial charge in [0.1, 0.15) is 35.7 Å². The zero-order chi connectivity index (χ0) is 27.6. The van der Waals surface area contributed by atoms with E-state index in [0.29, 0.717) is 17.5 Å². The standard InChI is InChI=1S/C31H27N3O5S/c1-19-7-3-5-9-21(19)30(35)37-18-26-25(39-31(36)22-10-6-4-8-20(22)2)17-27(38-26)34-15-12-23-24(11-13-32-28(23)34)29-33-14-16-40-29/h3-16,25-27H,17-18H2,1-2H3/t25-,26+,27+/m0/s1. The fraction of sp³-hybridized carbons (Fsp3) is 0.226. The SMILES string of the molecule is Cc1ccccc1C(=O)OC[C@H]1O[C@@H](n2ccc3c(-c4nccs4)ccnc32)C[C@@H]1OC(=O)c1ccccc1C. The molecule has 0 saturated carbocycles. The van der Waals surface area contributed by atoms with Crippen LogP contribution in [0, 0.1) is 13.8 Å². The van der Waals surface area contributed by atoms with E-state index in [1.165, 1.54) is 0 Å². The molecular weight excluding hydrogens is 526 g/mol. The summed E-state index contributed by atoms with van der Waals surface area (Å²) in [7, 11) is 0. The maximum Gasteiger partial charge on any atom is 0.338 e. The summed E-state index contributed by atoms with van der Waals surface area (Å²) in [5, 5.41) is 3.79. The van der Waals surface area contributed by atoms with Gasteiger partial charge in [-0.15, -0.1) is 11.3 Å². The zero-order valence-corrected chi connectivity index (χ0v) is 22.8. The molecule has 6 rings (SSSR count). The molecule has 2 aromatic carbocycles. The first-order valence-corrected chi connectivity index (χ1v) is 13.9. The number of aromatic nitrogens is 3. The number of esters is 2. The van der Waals surface area contributed by atoms with E-state index in [0.717, 1.165) is 32.7 Å². The van der Waals surface area contributed by atoms with Gasteiger partial charge in [-0.1, -0.05) is 36.4 Å². The lowest BCUT2D eigenvalue weighted by Gasteiger charge is -2.19. The lowest BCUT2D eigenvalue weighted by Crippen LogP contribution is -2.32. The molecule has 0 amide bonds. The van der Waals surface area contributed by atoms with Gasteiger partial charge in [0.05, 0.1) is 11.1 Å². The van der Waals surface area contributed by atoms with E-state index in [4.69, 9.17) is 14.2 Å². The minimum Gasteiger partial charge on any atom is -0.459 e. The molecule has 1 saturated heterocycles. The maximum absolute atomic E-state index is 13.1. The Hall–Kier alpha value is -4.34. The van der Waals surface area contributed by atoms with Gasteiger partial charge in [0.15, 0.2) is 0 Å². The molecule has 0 spiro atoms. The summed E-state index contributed by atoms with van der Waals surface area (Å²) in [6.07, 6.45) is 4.04. The molecule has 4 heterocycles. The van der Waals surface area contributed by atoms with Crippen molar-refractivity contribution >= 4 is 34.3 Å². The van der Waals surface area contributed by atoms with Crippen LogP contribution in [0.25, 0.3) is 21.6 Å². The van der Waals surface area contributed by atoms with Gasteiger partial charge in [0, 0.05) is 41.3 Å². The molecule has 9 heteroatoms. The van der Waals surface area contributed by atoms with Crippen molar-refractivity contribution in [1.82, 2.24) is 14.5 Å². The van der Waals surface area contributed by atoms with E-state index in [1.54, 1.807) is 48.0 Å². The van der Waals surface area contributed by atoms with Crippen molar-refractivity contribution in [3.63, 3.8) is 0 Å². The molecule has 1 fully saturated rings. The lowest BCUT2D eigenvalue weighted by molar-refractivity contribution is -0.0562. The van der Waals surface area contributed by atoms with E-state index in [9.17, 15) is 9.59 Å². The lowest BCUT2D eigenvalue weighted by atomic mass is 10.1. The van der Waals surface area contributed by atoms with E-state index in [2.05, 4.69) is 9.97 Å². The number of fused-ring (bicyclic) bond motifs is 1. The maximum atomic E-state index is 13.1. The Morgan fingerprint density at radius 3 is 2.38 bits per heavy atom. The van der Waals surface area contributed by atoms with Gasteiger partial charge in [-0.2, -0.15) is 0 Å². The highest BCUT2D eigenvalue weighted by molar-refractivity contribution is 7.13. The fourth-order valence-corrected chi connectivity index (χ4v) is 5.70. The number of hydrogen-bond acceptors (Lipinski definition) is 8. The van der Waals surface area contributed by atoms with Gasteiger partial charge in [0.2, 0.25) is 0 Å². The number of hydrogen-bond donors (Lipinski definition) is 0. The molecule has 8 nitrogen and oxygen atoms in total. The summed E-state index contributed by atoms with van der Waals surface area (Å²) in [5.74, 6) is -0.889. The van der Waals surface area contributed by atoms with Gasteiger partial charge >= 0.3 is 11.9 Å². The Kier molecular flexibility index (Phi) is 7.15. The van der Waals surface area contributed by atoms with Crippen LogP contribution in [0.5, 0.6) is 0 Å². The van der Waals surface area contributed by atoms with E-state index in [1.807, 2.05) is 66.4 Å². The van der Waals surface area contributed by atoms with Crippen molar-refractivity contribution < 1.29 is 23.8 Å². The van der Waals surface area contributed by atoms with Crippen LogP contribution in [-0.2, 0) is 14.2 Å². The van der Waals surface area contributed by atoms with Gasteiger partial charge in [0.25, 0.3) is 0 Å². The normalized spacial score (nSPS) is 18.6. The minimum atomic E-state index is -0.662. The highest BCUT2D eigenvalue weighted by Gasteiger charge is 2.40. The van der Waals surface area contributed by atoms with E-state index < -0.39 is 30.4 Å². The Balaban J connectivity index is 1.27. The quantitative estimate of drug-likeness (QED) is 0.223. The molecule has 0 N–H and O–H groups in total. The van der Waals surface area contributed by atoms with Crippen molar-refractivity contribution in [3.8, 4) is 10.6 Å². The Morgan fingerprint density at radius 1 is 0.950 bits per heavy atom. The third-order valence-electron chi connectivity index (χ3n) is 7.14. The van der Waals surface area contributed by atoms with Crippen molar-refractivity contribution in [2.75, 3.05) is 6.61 Å². The first-order valence-electron chi connectivity index (χ1n) is 13.0. The summed E-state index contributed by atoms with van der Waals surface area (Å²) >= 11 is 1.56. The minimum absolute atomic E-state index is 0.0631. The summed E-state index contributed by atoms with van der Waals surface area (Å²) in [5.41, 5.74) is 4.34. The average Bonchev–Trinajstić information content (AvgIpc) is 3.72. The highest BCUT2D eigenvalue weighted by Crippen LogP contribution is 2.36. The van der Waals surface area contributed by atoms with Gasteiger partial charge in [-0.05, 0) is 49.2 Å². The molecule has 0 aliphatic carbocycles. The molecule has 1 aliphatic rings.